The lowest BCUT2D eigenvalue weighted by atomic mass is 9.98. The van der Waals surface area contributed by atoms with Crippen LogP contribution in [0.1, 0.15) is 30.1 Å². The molecule has 174 valence electrons. The number of rotatable bonds is 6. The first kappa shape index (κ1) is 21.3. The van der Waals surface area contributed by atoms with Gasteiger partial charge in [-0.15, -0.1) is 10.2 Å². The number of pyridine rings is 2. The Morgan fingerprint density at radius 3 is 2.69 bits per heavy atom. The summed E-state index contributed by atoms with van der Waals surface area (Å²) in [6.07, 6.45) is 7.40. The van der Waals surface area contributed by atoms with Crippen LogP contribution < -0.4 is 0 Å². The third kappa shape index (κ3) is 4.10. The van der Waals surface area contributed by atoms with E-state index in [2.05, 4.69) is 26.3 Å². The molecule has 5 aromatic rings. The molecule has 9 heteroatoms. The van der Waals surface area contributed by atoms with Crippen molar-refractivity contribution in [1.82, 2.24) is 34.5 Å². The van der Waals surface area contributed by atoms with Gasteiger partial charge in [0.15, 0.2) is 11.6 Å². The van der Waals surface area contributed by atoms with Crippen LogP contribution in [0.3, 0.4) is 0 Å². The molecule has 0 bridgehead atoms. The van der Waals surface area contributed by atoms with Gasteiger partial charge in [0.2, 0.25) is 0 Å². The van der Waals surface area contributed by atoms with Gasteiger partial charge in [0, 0.05) is 36.0 Å². The lowest BCUT2D eigenvalue weighted by molar-refractivity contribution is 0.277. The maximum absolute atomic E-state index is 14.3. The van der Waals surface area contributed by atoms with Crippen molar-refractivity contribution in [1.29, 1.82) is 0 Å². The molecular weight excluding hydrogens is 445 g/mol. The van der Waals surface area contributed by atoms with E-state index in [-0.39, 0.29) is 12.4 Å². The number of benzene rings is 1. The number of halogens is 1. The van der Waals surface area contributed by atoms with Gasteiger partial charge in [-0.3, -0.25) is 4.98 Å². The van der Waals surface area contributed by atoms with E-state index < -0.39 is 0 Å². The summed E-state index contributed by atoms with van der Waals surface area (Å²) in [7, 11) is 1.84. The Morgan fingerprint density at radius 2 is 1.91 bits per heavy atom. The summed E-state index contributed by atoms with van der Waals surface area (Å²) in [6.45, 7) is -0.123. The molecule has 4 heterocycles. The Morgan fingerprint density at radius 1 is 1.03 bits per heavy atom. The van der Waals surface area contributed by atoms with Crippen molar-refractivity contribution in [2.24, 2.45) is 7.05 Å². The molecule has 1 N–H and O–H groups in total. The molecule has 0 radical (unpaired) electrons. The van der Waals surface area contributed by atoms with Crippen molar-refractivity contribution in [3.05, 3.63) is 84.5 Å². The minimum absolute atomic E-state index is 0.123. The summed E-state index contributed by atoms with van der Waals surface area (Å²) in [4.78, 5) is 9.36. The molecule has 1 aliphatic rings. The second-order valence-electron chi connectivity index (χ2n) is 8.71. The maximum atomic E-state index is 14.3. The molecular formula is C26H22FN7O. The van der Waals surface area contributed by atoms with Crippen LogP contribution in [0, 0.1) is 5.82 Å². The minimum Gasteiger partial charge on any atom is -0.390 e. The van der Waals surface area contributed by atoms with Gasteiger partial charge < -0.3 is 9.67 Å². The second kappa shape index (κ2) is 8.52. The van der Waals surface area contributed by atoms with Crippen LogP contribution in [0.15, 0.2) is 67.3 Å². The Kier molecular flexibility index (Phi) is 5.18. The number of hydrogen-bond acceptors (Lipinski definition) is 6. The summed E-state index contributed by atoms with van der Waals surface area (Å²) in [5.41, 5.74) is 5.55. The van der Waals surface area contributed by atoms with Gasteiger partial charge in [-0.2, -0.15) is 5.10 Å². The Labute approximate surface area is 200 Å². The largest absolute Gasteiger partial charge is 0.390 e. The Hall–Kier alpha value is -4.24. The van der Waals surface area contributed by atoms with Crippen LogP contribution in [-0.2, 0) is 13.7 Å². The van der Waals surface area contributed by atoms with Gasteiger partial charge in [-0.25, -0.2) is 14.1 Å². The van der Waals surface area contributed by atoms with Gasteiger partial charge in [-0.1, -0.05) is 12.1 Å². The van der Waals surface area contributed by atoms with Crippen LogP contribution in [0.4, 0.5) is 4.39 Å². The highest BCUT2D eigenvalue weighted by Gasteiger charge is 2.27. The molecule has 0 unspecified atom stereocenters. The number of aryl methyl sites for hydroxylation is 1. The number of aromatic nitrogens is 7. The van der Waals surface area contributed by atoms with E-state index in [1.54, 1.807) is 33.9 Å². The van der Waals surface area contributed by atoms with E-state index in [9.17, 15) is 9.50 Å². The molecule has 1 aromatic carbocycles. The zero-order chi connectivity index (χ0) is 23.9. The van der Waals surface area contributed by atoms with Crippen LogP contribution >= 0.6 is 0 Å². The molecule has 1 aliphatic carbocycles. The zero-order valence-corrected chi connectivity index (χ0v) is 19.0. The van der Waals surface area contributed by atoms with Crippen LogP contribution in [0.5, 0.6) is 0 Å². The van der Waals surface area contributed by atoms with Crippen LogP contribution in [-0.4, -0.2) is 39.6 Å². The van der Waals surface area contributed by atoms with Crippen molar-refractivity contribution in [2.45, 2.75) is 25.4 Å². The molecule has 1 saturated carbocycles. The van der Waals surface area contributed by atoms with Crippen molar-refractivity contribution in [2.75, 3.05) is 0 Å². The standard InChI is InChI=1S/C26H22FN7O/c1-33-15-28-32-26(33)22-11-19(27)7-8-21(22)17-9-24(16-5-6-16)31-25(10-17)34-13-18(12-29-34)23-4-2-3-20(14-35)30-23/h2-4,7-13,15-16,35H,5-6,14H2,1H3. The first-order chi connectivity index (χ1) is 17.1. The monoisotopic (exact) mass is 467 g/mol. The normalized spacial score (nSPS) is 13.3. The molecule has 8 nitrogen and oxygen atoms in total. The highest BCUT2D eigenvalue weighted by molar-refractivity contribution is 5.81. The summed E-state index contributed by atoms with van der Waals surface area (Å²) in [5, 5.41) is 22.1. The van der Waals surface area contributed by atoms with E-state index in [0.717, 1.165) is 40.9 Å². The third-order valence-electron chi connectivity index (χ3n) is 6.15. The molecule has 0 spiro atoms. The molecule has 0 atom stereocenters. The molecule has 6 rings (SSSR count). The molecule has 0 saturated heterocycles. The minimum atomic E-state index is -0.335. The van der Waals surface area contributed by atoms with Gasteiger partial charge in [0.1, 0.15) is 12.1 Å². The molecule has 4 aromatic heterocycles. The molecule has 1 fully saturated rings. The van der Waals surface area contributed by atoms with E-state index in [0.29, 0.717) is 28.8 Å². The number of aliphatic hydroxyl groups is 1. The fourth-order valence-corrected chi connectivity index (χ4v) is 4.19. The summed E-state index contributed by atoms with van der Waals surface area (Å²) in [5.74, 6) is 1.33. The molecule has 0 amide bonds. The van der Waals surface area contributed by atoms with E-state index in [1.165, 1.54) is 12.1 Å². The number of nitrogens with zero attached hydrogens (tertiary/aromatic N) is 7. The van der Waals surface area contributed by atoms with Gasteiger partial charge in [0.25, 0.3) is 0 Å². The first-order valence-electron chi connectivity index (χ1n) is 11.4. The fraction of sp³-hybridized carbons (Fsp3) is 0.192. The average Bonchev–Trinajstić information content (AvgIpc) is 3.46. The quantitative estimate of drug-likeness (QED) is 0.400. The summed E-state index contributed by atoms with van der Waals surface area (Å²) >= 11 is 0. The second-order valence-corrected chi connectivity index (χ2v) is 8.71. The highest BCUT2D eigenvalue weighted by Crippen LogP contribution is 2.42. The number of aliphatic hydroxyl groups excluding tert-OH is 1. The summed E-state index contributed by atoms with van der Waals surface area (Å²) < 4.78 is 17.8. The van der Waals surface area contributed by atoms with Crippen molar-refractivity contribution in [3.8, 4) is 39.6 Å². The zero-order valence-electron chi connectivity index (χ0n) is 19.0. The van der Waals surface area contributed by atoms with Crippen molar-refractivity contribution < 1.29 is 9.50 Å². The van der Waals surface area contributed by atoms with Crippen LogP contribution in [0.25, 0.3) is 39.6 Å². The maximum Gasteiger partial charge on any atom is 0.164 e. The fourth-order valence-electron chi connectivity index (χ4n) is 4.19. The van der Waals surface area contributed by atoms with Gasteiger partial charge >= 0.3 is 0 Å². The topological polar surface area (TPSA) is 94.5 Å². The third-order valence-corrected chi connectivity index (χ3v) is 6.15. The van der Waals surface area contributed by atoms with Crippen molar-refractivity contribution in [3.63, 3.8) is 0 Å². The van der Waals surface area contributed by atoms with Gasteiger partial charge in [0.05, 0.1) is 24.2 Å². The van der Waals surface area contributed by atoms with E-state index >= 15 is 0 Å². The highest BCUT2D eigenvalue weighted by atomic mass is 19.1. The SMILES string of the molecule is Cn1cnnc1-c1cc(F)ccc1-c1cc(C2CC2)nc(-n2cc(-c3cccc(CO)n3)cn2)c1. The van der Waals surface area contributed by atoms with E-state index in [4.69, 9.17) is 4.98 Å². The predicted molar refractivity (Wildman–Crippen MR) is 128 cm³/mol. The predicted octanol–water partition coefficient (Wildman–Crippen LogP) is 4.30. The smallest absolute Gasteiger partial charge is 0.164 e. The Balaban J connectivity index is 1.47. The summed E-state index contributed by atoms with van der Waals surface area (Å²) in [6, 6.07) is 14.3. The van der Waals surface area contributed by atoms with E-state index in [1.807, 2.05) is 31.4 Å². The lowest BCUT2D eigenvalue weighted by Crippen LogP contribution is -2.02. The average molecular weight is 468 g/mol. The first-order valence-corrected chi connectivity index (χ1v) is 11.4. The van der Waals surface area contributed by atoms with Gasteiger partial charge in [-0.05, 0) is 60.4 Å². The number of hydrogen-bond donors (Lipinski definition) is 1. The van der Waals surface area contributed by atoms with Crippen LogP contribution in [0.2, 0.25) is 0 Å². The molecule has 35 heavy (non-hydrogen) atoms. The Bertz CT molecular complexity index is 1540. The van der Waals surface area contributed by atoms with Crippen molar-refractivity contribution >= 4 is 0 Å². The molecule has 0 aliphatic heterocycles. The lowest BCUT2D eigenvalue weighted by Gasteiger charge is -2.13.